The zero-order valence-electron chi connectivity index (χ0n) is 11.5. The van der Waals surface area contributed by atoms with Gasteiger partial charge in [-0.15, -0.1) is 11.3 Å². The standard InChI is InChI=1S/C16H16BrNOS/c1-10-13-6-8-20-16(13)5-7-18(10)15-4-3-12(17)9-14(15)11(2)19/h3-4,6,8-10H,5,7H2,1-2H3. The Morgan fingerprint density at radius 2 is 2.20 bits per heavy atom. The molecule has 0 radical (unpaired) electrons. The first kappa shape index (κ1) is 13.8. The Bertz CT molecular complexity index is 664. The van der Waals surface area contributed by atoms with Crippen molar-refractivity contribution in [2.45, 2.75) is 26.3 Å². The van der Waals surface area contributed by atoms with Gasteiger partial charge in [0.15, 0.2) is 5.78 Å². The summed E-state index contributed by atoms with van der Waals surface area (Å²) >= 11 is 5.29. The fraction of sp³-hybridized carbons (Fsp3) is 0.312. The summed E-state index contributed by atoms with van der Waals surface area (Å²) in [4.78, 5) is 15.7. The molecule has 0 fully saturated rings. The molecule has 0 saturated carbocycles. The van der Waals surface area contributed by atoms with E-state index in [4.69, 9.17) is 0 Å². The third kappa shape index (κ3) is 2.31. The highest BCUT2D eigenvalue weighted by Crippen LogP contribution is 2.38. The molecule has 1 aliphatic rings. The fourth-order valence-electron chi connectivity index (χ4n) is 2.88. The quantitative estimate of drug-likeness (QED) is 0.723. The minimum absolute atomic E-state index is 0.115. The molecule has 2 nitrogen and oxygen atoms in total. The Labute approximate surface area is 131 Å². The van der Waals surface area contributed by atoms with Crippen LogP contribution in [-0.4, -0.2) is 12.3 Å². The number of ketones is 1. The Balaban J connectivity index is 2.04. The number of carbonyl (C=O) groups excluding carboxylic acids is 1. The summed E-state index contributed by atoms with van der Waals surface area (Å²) in [5.74, 6) is 0.115. The molecule has 4 heteroatoms. The monoisotopic (exact) mass is 349 g/mol. The minimum Gasteiger partial charge on any atom is -0.364 e. The van der Waals surface area contributed by atoms with E-state index < -0.39 is 0 Å². The van der Waals surface area contributed by atoms with Gasteiger partial charge in [0.25, 0.3) is 0 Å². The van der Waals surface area contributed by atoms with Crippen LogP contribution in [0.15, 0.2) is 34.1 Å². The summed E-state index contributed by atoms with van der Waals surface area (Å²) in [5, 5.41) is 2.16. The number of nitrogens with zero attached hydrogens (tertiary/aromatic N) is 1. The number of benzene rings is 1. The van der Waals surface area contributed by atoms with E-state index in [-0.39, 0.29) is 5.78 Å². The van der Waals surface area contributed by atoms with Gasteiger partial charge in [-0.1, -0.05) is 15.9 Å². The van der Waals surface area contributed by atoms with Crippen molar-refractivity contribution in [2.75, 3.05) is 11.4 Å². The normalized spacial score (nSPS) is 17.9. The highest BCUT2D eigenvalue weighted by Gasteiger charge is 2.27. The number of Topliss-reactive ketones (excluding diaryl/α,β-unsaturated/α-hetero) is 1. The average molecular weight is 350 g/mol. The maximum atomic E-state index is 11.9. The molecule has 0 amide bonds. The Kier molecular flexibility index (Phi) is 3.69. The molecule has 0 N–H and O–H groups in total. The summed E-state index contributed by atoms with van der Waals surface area (Å²) in [6, 6.07) is 8.52. The molecule has 1 unspecified atom stereocenters. The van der Waals surface area contributed by atoms with Crippen molar-refractivity contribution in [1.29, 1.82) is 0 Å². The molecule has 3 rings (SSSR count). The first-order valence-electron chi connectivity index (χ1n) is 6.71. The maximum absolute atomic E-state index is 11.9. The van der Waals surface area contributed by atoms with Crippen molar-refractivity contribution in [2.24, 2.45) is 0 Å². The summed E-state index contributed by atoms with van der Waals surface area (Å²) in [6.45, 7) is 4.82. The molecule has 0 aliphatic carbocycles. The zero-order valence-corrected chi connectivity index (χ0v) is 13.9. The number of anilines is 1. The van der Waals surface area contributed by atoms with Crippen LogP contribution in [0.3, 0.4) is 0 Å². The molecular weight excluding hydrogens is 334 g/mol. The number of halogens is 1. The summed E-state index contributed by atoms with van der Waals surface area (Å²) in [6.07, 6.45) is 1.06. The molecule has 1 aliphatic heterocycles. The number of fused-ring (bicyclic) bond motifs is 1. The molecule has 104 valence electrons. The molecule has 20 heavy (non-hydrogen) atoms. The minimum atomic E-state index is 0.115. The molecule has 1 aromatic carbocycles. The van der Waals surface area contributed by atoms with Crippen LogP contribution in [0.2, 0.25) is 0 Å². The highest BCUT2D eigenvalue weighted by molar-refractivity contribution is 9.10. The van der Waals surface area contributed by atoms with Crippen molar-refractivity contribution in [1.82, 2.24) is 0 Å². The number of rotatable bonds is 2. The van der Waals surface area contributed by atoms with Gasteiger partial charge in [-0.3, -0.25) is 4.79 Å². The van der Waals surface area contributed by atoms with Crippen LogP contribution in [-0.2, 0) is 6.42 Å². The first-order valence-corrected chi connectivity index (χ1v) is 8.38. The predicted molar refractivity (Wildman–Crippen MR) is 87.9 cm³/mol. The number of hydrogen-bond donors (Lipinski definition) is 0. The van der Waals surface area contributed by atoms with Gasteiger partial charge < -0.3 is 4.90 Å². The smallest absolute Gasteiger partial charge is 0.161 e. The molecule has 0 spiro atoms. The van der Waals surface area contributed by atoms with Gasteiger partial charge in [-0.25, -0.2) is 0 Å². The molecule has 0 saturated heterocycles. The van der Waals surface area contributed by atoms with Crippen molar-refractivity contribution in [3.05, 3.63) is 50.1 Å². The van der Waals surface area contributed by atoms with Crippen LogP contribution in [0.4, 0.5) is 5.69 Å². The zero-order chi connectivity index (χ0) is 14.3. The van der Waals surface area contributed by atoms with Crippen LogP contribution in [0.25, 0.3) is 0 Å². The van der Waals surface area contributed by atoms with Crippen LogP contribution < -0.4 is 4.90 Å². The average Bonchev–Trinajstić information content (AvgIpc) is 2.89. The van der Waals surface area contributed by atoms with E-state index in [0.717, 1.165) is 28.7 Å². The summed E-state index contributed by atoms with van der Waals surface area (Å²) < 4.78 is 0.951. The Morgan fingerprint density at radius 1 is 1.40 bits per heavy atom. The van der Waals surface area contributed by atoms with Crippen molar-refractivity contribution in [3.63, 3.8) is 0 Å². The van der Waals surface area contributed by atoms with Crippen LogP contribution in [0.1, 0.15) is 40.7 Å². The van der Waals surface area contributed by atoms with E-state index in [1.807, 2.05) is 23.5 Å². The van der Waals surface area contributed by atoms with Crippen molar-refractivity contribution >= 4 is 38.7 Å². The van der Waals surface area contributed by atoms with Crippen molar-refractivity contribution < 1.29 is 4.79 Å². The third-order valence-electron chi connectivity index (χ3n) is 3.92. The van der Waals surface area contributed by atoms with E-state index in [9.17, 15) is 4.79 Å². The highest BCUT2D eigenvalue weighted by atomic mass is 79.9. The van der Waals surface area contributed by atoms with E-state index >= 15 is 0 Å². The van der Waals surface area contributed by atoms with Gasteiger partial charge in [-0.2, -0.15) is 0 Å². The summed E-state index contributed by atoms with van der Waals surface area (Å²) in [7, 11) is 0. The number of carbonyl (C=O) groups is 1. The lowest BCUT2D eigenvalue weighted by Crippen LogP contribution is -2.34. The lowest BCUT2D eigenvalue weighted by molar-refractivity contribution is 0.101. The lowest BCUT2D eigenvalue weighted by Gasteiger charge is -2.36. The van der Waals surface area contributed by atoms with Crippen molar-refractivity contribution in [3.8, 4) is 0 Å². The second kappa shape index (κ2) is 5.34. The van der Waals surface area contributed by atoms with Gasteiger partial charge in [0.2, 0.25) is 0 Å². The van der Waals surface area contributed by atoms with Gasteiger partial charge in [0, 0.05) is 27.1 Å². The van der Waals surface area contributed by atoms with Gasteiger partial charge >= 0.3 is 0 Å². The largest absolute Gasteiger partial charge is 0.364 e. The molecule has 2 aromatic rings. The Morgan fingerprint density at radius 3 is 2.95 bits per heavy atom. The predicted octanol–water partition coefficient (Wildman–Crippen LogP) is 4.84. The Hall–Kier alpha value is -1.13. The van der Waals surface area contributed by atoms with Crippen LogP contribution >= 0.6 is 27.3 Å². The molecule has 0 bridgehead atoms. The molecular formula is C16H16BrNOS. The van der Waals surface area contributed by atoms with Gasteiger partial charge in [0.1, 0.15) is 0 Å². The molecule has 1 aromatic heterocycles. The molecule has 2 heterocycles. The molecule has 1 atom stereocenters. The fourth-order valence-corrected chi connectivity index (χ4v) is 4.20. The summed E-state index contributed by atoms with van der Waals surface area (Å²) in [5.41, 5.74) is 3.24. The van der Waals surface area contributed by atoms with Gasteiger partial charge in [0.05, 0.1) is 6.04 Å². The van der Waals surface area contributed by atoms with E-state index in [1.165, 1.54) is 10.4 Å². The lowest BCUT2D eigenvalue weighted by atomic mass is 9.98. The van der Waals surface area contributed by atoms with E-state index in [2.05, 4.69) is 45.3 Å². The second-order valence-corrected chi connectivity index (χ2v) is 7.05. The van der Waals surface area contributed by atoms with Crippen LogP contribution in [0.5, 0.6) is 0 Å². The number of hydrogen-bond acceptors (Lipinski definition) is 3. The second-order valence-electron chi connectivity index (χ2n) is 5.14. The van der Waals surface area contributed by atoms with Crippen LogP contribution in [0, 0.1) is 0 Å². The third-order valence-corrected chi connectivity index (χ3v) is 5.41. The first-order chi connectivity index (χ1) is 9.58. The number of thiophene rings is 1. The van der Waals surface area contributed by atoms with Gasteiger partial charge in [-0.05, 0) is 55.5 Å². The maximum Gasteiger partial charge on any atom is 0.161 e. The SMILES string of the molecule is CC(=O)c1cc(Br)ccc1N1CCc2sccc2C1C. The topological polar surface area (TPSA) is 20.3 Å². The van der Waals surface area contributed by atoms with E-state index in [1.54, 1.807) is 6.92 Å². The van der Waals surface area contributed by atoms with E-state index in [0.29, 0.717) is 6.04 Å².